The van der Waals surface area contributed by atoms with E-state index >= 15 is 0 Å². The van der Waals surface area contributed by atoms with Gasteiger partial charge in [0.05, 0.1) is 12.2 Å². The molecule has 0 bridgehead atoms. The largest absolute Gasteiger partial charge is 0.311 e. The molecule has 2 aromatic rings. The Morgan fingerprint density at radius 2 is 2.24 bits per heavy atom. The van der Waals surface area contributed by atoms with Gasteiger partial charge in [-0.05, 0) is 13.0 Å². The van der Waals surface area contributed by atoms with Crippen LogP contribution in [0.1, 0.15) is 11.3 Å². The normalized spacial score (nSPS) is 10.5. The number of anilines is 1. The lowest BCUT2D eigenvalue weighted by molar-refractivity contribution is 0.753. The van der Waals surface area contributed by atoms with Crippen LogP contribution >= 0.6 is 0 Å². The van der Waals surface area contributed by atoms with Crippen molar-refractivity contribution in [3.8, 4) is 0 Å². The fourth-order valence-corrected chi connectivity index (χ4v) is 1.83. The van der Waals surface area contributed by atoms with Crippen molar-refractivity contribution >= 4 is 5.82 Å². The van der Waals surface area contributed by atoms with Crippen molar-refractivity contribution in [1.29, 1.82) is 0 Å². The molecule has 0 aliphatic carbocycles. The molecule has 6 nitrogen and oxygen atoms in total. The smallest absolute Gasteiger partial charge is 0.250 e. The predicted molar refractivity (Wildman–Crippen MR) is 65.6 cm³/mol. The van der Waals surface area contributed by atoms with Crippen LogP contribution < -0.4 is 16.8 Å². The molecule has 0 saturated heterocycles. The summed E-state index contributed by atoms with van der Waals surface area (Å²) in [5, 5.41) is 4.27. The number of nitrogens with zero attached hydrogens (tertiary/aromatic N) is 3. The average Bonchev–Trinajstić information content (AvgIpc) is 2.56. The average molecular weight is 233 g/mol. The highest BCUT2D eigenvalue weighted by Gasteiger charge is 2.12. The number of hydrazine groups is 1. The third kappa shape index (κ3) is 2.07. The molecule has 6 heteroatoms. The van der Waals surface area contributed by atoms with E-state index < -0.39 is 0 Å². The molecule has 17 heavy (non-hydrogen) atoms. The molecule has 0 amide bonds. The van der Waals surface area contributed by atoms with Gasteiger partial charge in [0.15, 0.2) is 0 Å². The van der Waals surface area contributed by atoms with Gasteiger partial charge < -0.3 is 9.99 Å². The molecule has 0 unspecified atom stereocenters. The molecule has 0 aliphatic heterocycles. The minimum atomic E-state index is -0.0428. The van der Waals surface area contributed by atoms with Crippen LogP contribution in [0.3, 0.4) is 0 Å². The van der Waals surface area contributed by atoms with Gasteiger partial charge in [0.1, 0.15) is 5.82 Å². The number of hydrogen-bond acceptors (Lipinski definition) is 4. The zero-order chi connectivity index (χ0) is 12.4. The Labute approximate surface area is 98.6 Å². The fourth-order valence-electron chi connectivity index (χ4n) is 1.83. The molecule has 0 saturated carbocycles. The lowest BCUT2D eigenvalue weighted by Gasteiger charge is -2.07. The van der Waals surface area contributed by atoms with Gasteiger partial charge in [0, 0.05) is 24.9 Å². The van der Waals surface area contributed by atoms with E-state index in [2.05, 4.69) is 10.5 Å². The minimum absolute atomic E-state index is 0.0428. The molecule has 2 heterocycles. The van der Waals surface area contributed by atoms with E-state index in [-0.39, 0.29) is 5.56 Å². The number of aryl methyl sites for hydroxylation is 2. The third-order valence-electron chi connectivity index (χ3n) is 2.71. The van der Waals surface area contributed by atoms with Crippen LogP contribution in [0.4, 0.5) is 5.82 Å². The summed E-state index contributed by atoms with van der Waals surface area (Å²) in [5.41, 5.74) is 4.34. The van der Waals surface area contributed by atoms with Gasteiger partial charge in [0.2, 0.25) is 0 Å². The summed E-state index contributed by atoms with van der Waals surface area (Å²) in [6.45, 7) is 2.35. The maximum atomic E-state index is 11.6. The van der Waals surface area contributed by atoms with Crippen LogP contribution in [0.2, 0.25) is 0 Å². The Balaban J connectivity index is 2.43. The van der Waals surface area contributed by atoms with Gasteiger partial charge in [-0.15, -0.1) is 0 Å². The molecule has 0 spiro atoms. The number of aromatic nitrogens is 3. The van der Waals surface area contributed by atoms with Crippen molar-refractivity contribution < 1.29 is 0 Å². The number of nitrogen functional groups attached to an aromatic ring is 1. The molecule has 0 aromatic carbocycles. The first kappa shape index (κ1) is 11.4. The van der Waals surface area contributed by atoms with Gasteiger partial charge in [0.25, 0.3) is 5.56 Å². The first-order valence-corrected chi connectivity index (χ1v) is 5.28. The van der Waals surface area contributed by atoms with Gasteiger partial charge in [-0.25, -0.2) is 5.84 Å². The van der Waals surface area contributed by atoms with Gasteiger partial charge in [-0.2, -0.15) is 5.10 Å². The molecule has 0 atom stereocenters. The van der Waals surface area contributed by atoms with Crippen molar-refractivity contribution in [1.82, 2.24) is 14.3 Å². The molecule has 90 valence electrons. The topological polar surface area (TPSA) is 77.9 Å². The zero-order valence-corrected chi connectivity index (χ0v) is 9.84. The van der Waals surface area contributed by atoms with E-state index in [0.29, 0.717) is 6.54 Å². The monoisotopic (exact) mass is 233 g/mol. The lowest BCUT2D eigenvalue weighted by Crippen LogP contribution is -2.20. The molecule has 0 radical (unpaired) electrons. The van der Waals surface area contributed by atoms with Crippen molar-refractivity contribution in [2.45, 2.75) is 13.5 Å². The maximum absolute atomic E-state index is 11.6. The zero-order valence-electron chi connectivity index (χ0n) is 9.84. The van der Waals surface area contributed by atoms with Gasteiger partial charge in [-0.1, -0.05) is 6.07 Å². The summed E-state index contributed by atoms with van der Waals surface area (Å²) in [5.74, 6) is 6.18. The summed E-state index contributed by atoms with van der Waals surface area (Å²) in [4.78, 5) is 11.6. The van der Waals surface area contributed by atoms with Crippen molar-refractivity contribution in [3.05, 3.63) is 46.0 Å². The van der Waals surface area contributed by atoms with E-state index in [1.54, 1.807) is 28.6 Å². The summed E-state index contributed by atoms with van der Waals surface area (Å²) >= 11 is 0. The first-order chi connectivity index (χ1) is 8.13. The highest BCUT2D eigenvalue weighted by Crippen LogP contribution is 2.18. The SMILES string of the molecule is Cc1nn(C)c(NN)c1Cn1ccccc1=O. The second-order valence-electron chi connectivity index (χ2n) is 3.85. The maximum Gasteiger partial charge on any atom is 0.250 e. The highest BCUT2D eigenvalue weighted by atomic mass is 16.1. The Morgan fingerprint density at radius 1 is 1.47 bits per heavy atom. The predicted octanol–water partition coefficient (Wildman–Crippen LogP) is 0.224. The summed E-state index contributed by atoms with van der Waals surface area (Å²) in [6.07, 6.45) is 1.75. The highest BCUT2D eigenvalue weighted by molar-refractivity contribution is 5.46. The van der Waals surface area contributed by atoms with Crippen molar-refractivity contribution in [2.24, 2.45) is 12.9 Å². The van der Waals surface area contributed by atoms with Crippen LogP contribution in [-0.4, -0.2) is 14.3 Å². The third-order valence-corrected chi connectivity index (χ3v) is 2.71. The van der Waals surface area contributed by atoms with Crippen molar-refractivity contribution in [3.63, 3.8) is 0 Å². The van der Waals surface area contributed by atoms with Crippen LogP contribution in [0, 0.1) is 6.92 Å². The first-order valence-electron chi connectivity index (χ1n) is 5.28. The molecule has 2 aromatic heterocycles. The standard InChI is InChI=1S/C11H15N5O/c1-8-9(11(13-12)15(2)14-8)7-16-6-4-3-5-10(16)17/h3-6,13H,7,12H2,1-2H3. The molecule has 3 N–H and O–H groups in total. The van der Waals surface area contributed by atoms with Crippen LogP contribution in [-0.2, 0) is 13.6 Å². The Morgan fingerprint density at radius 3 is 2.88 bits per heavy atom. The van der Waals surface area contributed by atoms with E-state index in [1.165, 1.54) is 6.07 Å². The number of hydrogen-bond donors (Lipinski definition) is 2. The molecular weight excluding hydrogens is 218 g/mol. The van der Waals surface area contributed by atoms with E-state index in [0.717, 1.165) is 17.1 Å². The lowest BCUT2D eigenvalue weighted by atomic mass is 10.2. The summed E-state index contributed by atoms with van der Waals surface area (Å²) in [7, 11) is 1.81. The van der Waals surface area contributed by atoms with Crippen LogP contribution in [0.25, 0.3) is 0 Å². The molecule has 0 fully saturated rings. The second-order valence-corrected chi connectivity index (χ2v) is 3.85. The minimum Gasteiger partial charge on any atom is -0.311 e. The Kier molecular flexibility index (Phi) is 2.97. The number of nitrogens with one attached hydrogen (secondary N) is 1. The summed E-state index contributed by atoms with van der Waals surface area (Å²) < 4.78 is 3.28. The van der Waals surface area contributed by atoms with E-state index in [9.17, 15) is 4.79 Å². The second kappa shape index (κ2) is 4.42. The fraction of sp³-hybridized carbons (Fsp3) is 0.273. The van der Waals surface area contributed by atoms with Gasteiger partial charge in [-0.3, -0.25) is 9.48 Å². The number of nitrogens with two attached hydrogens (primary N) is 1. The van der Waals surface area contributed by atoms with Crippen LogP contribution in [0.5, 0.6) is 0 Å². The Bertz CT molecular complexity index is 584. The summed E-state index contributed by atoms with van der Waals surface area (Å²) in [6, 6.07) is 5.07. The van der Waals surface area contributed by atoms with Crippen molar-refractivity contribution in [2.75, 3.05) is 5.43 Å². The molecule has 2 rings (SSSR count). The number of rotatable bonds is 3. The molecule has 0 aliphatic rings. The van der Waals surface area contributed by atoms with Crippen LogP contribution in [0.15, 0.2) is 29.2 Å². The van der Waals surface area contributed by atoms with E-state index in [1.807, 2.05) is 13.0 Å². The van der Waals surface area contributed by atoms with E-state index in [4.69, 9.17) is 5.84 Å². The number of pyridine rings is 1. The quantitative estimate of drug-likeness (QED) is 0.587. The molecular formula is C11H15N5O. The van der Waals surface area contributed by atoms with Gasteiger partial charge >= 0.3 is 0 Å². The Hall–Kier alpha value is -2.08.